The molecule has 0 unspecified atom stereocenters. The summed E-state index contributed by atoms with van der Waals surface area (Å²) in [6, 6.07) is 1.50. The van der Waals surface area contributed by atoms with Crippen LogP contribution in [0.15, 0.2) is 17.1 Å². The maximum Gasteiger partial charge on any atom is 0.351 e. The Morgan fingerprint density at radius 2 is 2.29 bits per heavy atom. The van der Waals surface area contributed by atoms with Crippen LogP contribution < -0.4 is 11.4 Å². The number of hydrogen-bond acceptors (Lipinski definition) is 6. The molecule has 1 aromatic heterocycles. The maximum atomic E-state index is 11.6. The molecule has 0 amide bonds. The summed E-state index contributed by atoms with van der Waals surface area (Å²) in [4.78, 5) is 15.2. The molecule has 2 heterocycles. The van der Waals surface area contributed by atoms with Gasteiger partial charge in [-0.25, -0.2) is 4.79 Å². The third kappa shape index (κ3) is 2.31. The molecule has 0 aliphatic carbocycles. The average molecular weight is 241 g/mol. The molecule has 7 nitrogen and oxygen atoms in total. The summed E-state index contributed by atoms with van der Waals surface area (Å²) < 4.78 is 6.81. The summed E-state index contributed by atoms with van der Waals surface area (Å²) in [5.74, 6) is -0.0175. The summed E-state index contributed by atoms with van der Waals surface area (Å²) in [5.41, 5.74) is 4.89. The van der Waals surface area contributed by atoms with Crippen LogP contribution in [0.25, 0.3) is 0 Å². The van der Waals surface area contributed by atoms with Crippen LogP contribution in [-0.2, 0) is 4.74 Å². The third-order valence-corrected chi connectivity index (χ3v) is 2.94. The summed E-state index contributed by atoms with van der Waals surface area (Å²) in [7, 11) is 0. The largest absolute Gasteiger partial charge is 0.396 e. The first-order chi connectivity index (χ1) is 8.15. The molecule has 1 saturated heterocycles. The number of anilines is 1. The van der Waals surface area contributed by atoms with Crippen molar-refractivity contribution in [2.45, 2.75) is 18.8 Å². The SMILES string of the molecule is Nc1ccn([C@@H]2C[C@H](CO)[C@@H](CO)O2)c(=O)n1. The zero-order valence-electron chi connectivity index (χ0n) is 9.19. The molecule has 3 atom stereocenters. The average Bonchev–Trinajstić information content (AvgIpc) is 2.72. The molecule has 0 bridgehead atoms. The Balaban J connectivity index is 2.22. The van der Waals surface area contributed by atoms with E-state index >= 15 is 0 Å². The summed E-state index contributed by atoms with van der Waals surface area (Å²) in [5, 5.41) is 18.2. The Kier molecular flexibility index (Phi) is 3.41. The maximum absolute atomic E-state index is 11.6. The molecule has 0 aromatic carbocycles. The van der Waals surface area contributed by atoms with Gasteiger partial charge in [-0.05, 0) is 6.07 Å². The standard InChI is InChI=1S/C10H15N3O4/c11-8-1-2-13(10(16)12-8)9-3-6(4-14)7(5-15)17-9/h1-2,6-7,9,14-15H,3-5H2,(H2,11,12,16)/t6-,7-,9+/m1/s1. The summed E-state index contributed by atoms with van der Waals surface area (Å²) >= 11 is 0. The highest BCUT2D eigenvalue weighted by Gasteiger charge is 2.35. The van der Waals surface area contributed by atoms with E-state index < -0.39 is 18.0 Å². The van der Waals surface area contributed by atoms with E-state index in [1.807, 2.05) is 0 Å². The number of aliphatic hydroxyl groups excluding tert-OH is 2. The third-order valence-electron chi connectivity index (χ3n) is 2.94. The molecule has 1 aliphatic heterocycles. The van der Waals surface area contributed by atoms with Gasteiger partial charge in [-0.3, -0.25) is 4.57 Å². The van der Waals surface area contributed by atoms with Gasteiger partial charge in [0.15, 0.2) is 0 Å². The predicted octanol–water partition coefficient (Wildman–Crippen LogP) is -1.29. The summed E-state index contributed by atoms with van der Waals surface area (Å²) in [6.45, 7) is -0.266. The Morgan fingerprint density at radius 3 is 2.82 bits per heavy atom. The van der Waals surface area contributed by atoms with Crippen LogP contribution in [0.3, 0.4) is 0 Å². The quantitative estimate of drug-likeness (QED) is 0.607. The van der Waals surface area contributed by atoms with E-state index in [-0.39, 0.29) is 24.9 Å². The molecule has 2 rings (SSSR count). The van der Waals surface area contributed by atoms with Crippen LogP contribution in [0, 0.1) is 5.92 Å². The lowest BCUT2D eigenvalue weighted by Crippen LogP contribution is -2.27. The fraction of sp³-hybridized carbons (Fsp3) is 0.600. The van der Waals surface area contributed by atoms with Crippen molar-refractivity contribution in [2.75, 3.05) is 18.9 Å². The Labute approximate surface area is 97.5 Å². The molecule has 17 heavy (non-hydrogen) atoms. The zero-order valence-corrected chi connectivity index (χ0v) is 9.19. The molecule has 4 N–H and O–H groups in total. The van der Waals surface area contributed by atoms with Gasteiger partial charge >= 0.3 is 5.69 Å². The normalized spacial score (nSPS) is 28.5. The second-order valence-corrected chi connectivity index (χ2v) is 4.03. The fourth-order valence-electron chi connectivity index (χ4n) is 1.99. The van der Waals surface area contributed by atoms with E-state index in [2.05, 4.69) is 4.98 Å². The number of hydrogen-bond donors (Lipinski definition) is 3. The van der Waals surface area contributed by atoms with E-state index in [1.54, 1.807) is 0 Å². The van der Waals surface area contributed by atoms with Crippen molar-refractivity contribution >= 4 is 5.82 Å². The minimum absolute atomic E-state index is 0.0844. The first-order valence-electron chi connectivity index (χ1n) is 5.37. The van der Waals surface area contributed by atoms with Crippen LogP contribution in [0.4, 0.5) is 5.82 Å². The van der Waals surface area contributed by atoms with Gasteiger partial charge in [0.2, 0.25) is 0 Å². The van der Waals surface area contributed by atoms with Crippen LogP contribution in [0.1, 0.15) is 12.6 Å². The molecule has 0 saturated carbocycles. The van der Waals surface area contributed by atoms with E-state index in [0.717, 1.165) is 0 Å². The van der Waals surface area contributed by atoms with Crippen LogP contribution in [0.5, 0.6) is 0 Å². The zero-order chi connectivity index (χ0) is 12.4. The minimum atomic E-state index is -0.509. The van der Waals surface area contributed by atoms with Crippen molar-refractivity contribution in [3.63, 3.8) is 0 Å². The molecular weight excluding hydrogens is 226 g/mol. The fourth-order valence-corrected chi connectivity index (χ4v) is 1.99. The van der Waals surface area contributed by atoms with E-state index in [0.29, 0.717) is 6.42 Å². The van der Waals surface area contributed by atoms with Crippen molar-refractivity contribution in [1.82, 2.24) is 9.55 Å². The van der Waals surface area contributed by atoms with E-state index in [1.165, 1.54) is 16.8 Å². The number of aliphatic hydroxyl groups is 2. The molecule has 0 spiro atoms. The first-order valence-corrected chi connectivity index (χ1v) is 5.37. The Hall–Kier alpha value is -1.44. The molecule has 0 radical (unpaired) electrons. The molecule has 1 aromatic rings. The lowest BCUT2D eigenvalue weighted by molar-refractivity contribution is -0.0365. The van der Waals surface area contributed by atoms with Crippen molar-refractivity contribution < 1.29 is 14.9 Å². The Morgan fingerprint density at radius 1 is 1.53 bits per heavy atom. The number of aromatic nitrogens is 2. The molecule has 94 valence electrons. The van der Waals surface area contributed by atoms with Gasteiger partial charge in [0.25, 0.3) is 0 Å². The lowest BCUT2D eigenvalue weighted by atomic mass is 10.0. The van der Waals surface area contributed by atoms with Crippen molar-refractivity contribution in [3.05, 3.63) is 22.7 Å². The molecule has 1 aliphatic rings. The van der Waals surface area contributed by atoms with Gasteiger partial charge < -0.3 is 20.7 Å². The highest BCUT2D eigenvalue weighted by atomic mass is 16.5. The van der Waals surface area contributed by atoms with Gasteiger partial charge in [-0.2, -0.15) is 4.98 Å². The molecular formula is C10H15N3O4. The van der Waals surface area contributed by atoms with Crippen molar-refractivity contribution in [1.29, 1.82) is 0 Å². The minimum Gasteiger partial charge on any atom is -0.396 e. The first kappa shape index (κ1) is 12.0. The van der Waals surface area contributed by atoms with Crippen molar-refractivity contribution in [2.24, 2.45) is 5.92 Å². The molecule has 1 fully saturated rings. The number of rotatable bonds is 3. The lowest BCUT2D eigenvalue weighted by Gasteiger charge is -2.14. The summed E-state index contributed by atoms with van der Waals surface area (Å²) in [6.07, 6.45) is 1.01. The highest BCUT2D eigenvalue weighted by molar-refractivity contribution is 5.23. The molecule has 7 heteroatoms. The second-order valence-electron chi connectivity index (χ2n) is 4.03. The van der Waals surface area contributed by atoms with Gasteiger partial charge in [0.05, 0.1) is 12.7 Å². The number of nitrogens with zero attached hydrogens (tertiary/aromatic N) is 2. The van der Waals surface area contributed by atoms with Gasteiger partial charge in [-0.15, -0.1) is 0 Å². The second kappa shape index (κ2) is 4.82. The predicted molar refractivity (Wildman–Crippen MR) is 59.1 cm³/mol. The highest BCUT2D eigenvalue weighted by Crippen LogP contribution is 2.31. The van der Waals surface area contributed by atoms with Crippen LogP contribution in [0.2, 0.25) is 0 Å². The number of ether oxygens (including phenoxy) is 1. The van der Waals surface area contributed by atoms with Crippen LogP contribution >= 0.6 is 0 Å². The Bertz CT molecular complexity index is 435. The monoisotopic (exact) mass is 241 g/mol. The topological polar surface area (TPSA) is 111 Å². The van der Waals surface area contributed by atoms with Gasteiger partial charge in [0.1, 0.15) is 12.0 Å². The van der Waals surface area contributed by atoms with Crippen molar-refractivity contribution in [3.8, 4) is 0 Å². The van der Waals surface area contributed by atoms with Crippen LogP contribution in [-0.4, -0.2) is 39.1 Å². The smallest absolute Gasteiger partial charge is 0.351 e. The number of nitrogen functional groups attached to an aromatic ring is 1. The van der Waals surface area contributed by atoms with E-state index in [9.17, 15) is 4.79 Å². The van der Waals surface area contributed by atoms with E-state index in [4.69, 9.17) is 20.7 Å². The van der Waals surface area contributed by atoms with Gasteiger partial charge in [-0.1, -0.05) is 0 Å². The van der Waals surface area contributed by atoms with Gasteiger partial charge in [0, 0.05) is 25.1 Å². The number of nitrogens with two attached hydrogens (primary N) is 1.